The summed E-state index contributed by atoms with van der Waals surface area (Å²) in [5, 5.41) is 6.53. The molecule has 2 rings (SSSR count). The van der Waals surface area contributed by atoms with Gasteiger partial charge in [-0.2, -0.15) is 0 Å². The molecule has 0 unspecified atom stereocenters. The zero-order valence-corrected chi connectivity index (χ0v) is 11.5. The van der Waals surface area contributed by atoms with Crippen molar-refractivity contribution in [3.63, 3.8) is 0 Å². The predicted molar refractivity (Wildman–Crippen MR) is 76.8 cm³/mol. The SMILES string of the molecule is CCNc1cn2ccnc2c(NCCCOCC)n1. The molecular weight excluding hydrogens is 242 g/mol. The molecule has 6 heteroatoms. The Bertz CT molecular complexity index is 511. The molecule has 0 saturated carbocycles. The van der Waals surface area contributed by atoms with Crippen LogP contribution in [0.1, 0.15) is 20.3 Å². The van der Waals surface area contributed by atoms with Crippen LogP contribution >= 0.6 is 0 Å². The summed E-state index contributed by atoms with van der Waals surface area (Å²) in [5.74, 6) is 1.65. The van der Waals surface area contributed by atoms with E-state index in [9.17, 15) is 0 Å². The average molecular weight is 263 g/mol. The number of ether oxygens (including phenoxy) is 1. The molecule has 0 aromatic carbocycles. The third-order valence-corrected chi connectivity index (χ3v) is 2.69. The molecule has 0 aliphatic carbocycles. The number of fused-ring (bicyclic) bond motifs is 1. The molecule has 0 amide bonds. The van der Waals surface area contributed by atoms with Gasteiger partial charge in [-0.1, -0.05) is 0 Å². The Hall–Kier alpha value is -1.82. The minimum absolute atomic E-state index is 0.763. The summed E-state index contributed by atoms with van der Waals surface area (Å²) in [6, 6.07) is 0. The van der Waals surface area contributed by atoms with Crippen LogP contribution in [0.2, 0.25) is 0 Å². The third kappa shape index (κ3) is 3.57. The standard InChI is InChI=1S/C13H21N5O/c1-3-14-11-10-18-8-7-16-13(18)12(17-11)15-6-5-9-19-4-2/h7-8,10,14H,3-6,9H2,1-2H3,(H,15,17). The van der Waals surface area contributed by atoms with Crippen molar-refractivity contribution < 1.29 is 4.74 Å². The van der Waals surface area contributed by atoms with Crippen LogP contribution in [-0.4, -0.2) is 40.7 Å². The molecule has 0 aliphatic heterocycles. The number of hydrogen-bond donors (Lipinski definition) is 2. The zero-order valence-electron chi connectivity index (χ0n) is 11.5. The van der Waals surface area contributed by atoms with Crippen LogP contribution in [0.3, 0.4) is 0 Å². The van der Waals surface area contributed by atoms with Crippen LogP contribution in [0.25, 0.3) is 5.65 Å². The van der Waals surface area contributed by atoms with Gasteiger partial charge in [0.15, 0.2) is 11.5 Å². The second-order valence-electron chi connectivity index (χ2n) is 4.14. The monoisotopic (exact) mass is 263 g/mol. The summed E-state index contributed by atoms with van der Waals surface area (Å²) in [5.41, 5.74) is 0.845. The van der Waals surface area contributed by atoms with Crippen LogP contribution < -0.4 is 10.6 Å². The first-order chi connectivity index (χ1) is 9.35. The van der Waals surface area contributed by atoms with Gasteiger partial charge < -0.3 is 19.8 Å². The van der Waals surface area contributed by atoms with Crippen molar-refractivity contribution in [2.24, 2.45) is 0 Å². The van der Waals surface area contributed by atoms with Gasteiger partial charge in [0.2, 0.25) is 0 Å². The Kier molecular flexibility index (Phi) is 4.97. The normalized spacial score (nSPS) is 10.8. The minimum atomic E-state index is 0.763. The summed E-state index contributed by atoms with van der Waals surface area (Å²) in [6.45, 7) is 7.25. The fourth-order valence-electron chi connectivity index (χ4n) is 1.84. The van der Waals surface area contributed by atoms with Gasteiger partial charge in [0.25, 0.3) is 0 Å². The van der Waals surface area contributed by atoms with Crippen molar-refractivity contribution in [3.8, 4) is 0 Å². The maximum atomic E-state index is 5.31. The second kappa shape index (κ2) is 6.94. The lowest BCUT2D eigenvalue weighted by Crippen LogP contribution is -2.10. The Morgan fingerprint density at radius 3 is 3.00 bits per heavy atom. The highest BCUT2D eigenvalue weighted by Crippen LogP contribution is 2.16. The van der Waals surface area contributed by atoms with E-state index >= 15 is 0 Å². The largest absolute Gasteiger partial charge is 0.382 e. The van der Waals surface area contributed by atoms with E-state index in [1.165, 1.54) is 0 Å². The Labute approximate surface area is 113 Å². The van der Waals surface area contributed by atoms with Gasteiger partial charge >= 0.3 is 0 Å². The second-order valence-corrected chi connectivity index (χ2v) is 4.14. The maximum absolute atomic E-state index is 5.31. The minimum Gasteiger partial charge on any atom is -0.382 e. The molecule has 0 fully saturated rings. The highest BCUT2D eigenvalue weighted by molar-refractivity contribution is 5.65. The molecule has 0 radical (unpaired) electrons. The van der Waals surface area contributed by atoms with E-state index in [4.69, 9.17) is 4.74 Å². The van der Waals surface area contributed by atoms with Crippen molar-refractivity contribution in [2.75, 3.05) is 36.9 Å². The third-order valence-electron chi connectivity index (χ3n) is 2.69. The lowest BCUT2D eigenvalue weighted by molar-refractivity contribution is 0.147. The van der Waals surface area contributed by atoms with Crippen molar-refractivity contribution in [3.05, 3.63) is 18.6 Å². The van der Waals surface area contributed by atoms with Gasteiger partial charge in [-0.15, -0.1) is 0 Å². The van der Waals surface area contributed by atoms with Crippen molar-refractivity contribution >= 4 is 17.3 Å². The van der Waals surface area contributed by atoms with Crippen LogP contribution in [0.15, 0.2) is 18.6 Å². The van der Waals surface area contributed by atoms with E-state index in [2.05, 4.69) is 27.5 Å². The number of nitrogens with zero attached hydrogens (tertiary/aromatic N) is 3. The molecule has 19 heavy (non-hydrogen) atoms. The lowest BCUT2D eigenvalue weighted by Gasteiger charge is -2.10. The lowest BCUT2D eigenvalue weighted by atomic mass is 10.4. The van der Waals surface area contributed by atoms with Crippen molar-refractivity contribution in [2.45, 2.75) is 20.3 Å². The quantitative estimate of drug-likeness (QED) is 0.713. The first-order valence-corrected chi connectivity index (χ1v) is 6.74. The Balaban J connectivity index is 2.04. The molecule has 2 aromatic rings. The van der Waals surface area contributed by atoms with E-state index in [0.717, 1.165) is 50.0 Å². The summed E-state index contributed by atoms with van der Waals surface area (Å²) in [7, 11) is 0. The molecule has 2 heterocycles. The van der Waals surface area contributed by atoms with Crippen LogP contribution in [0, 0.1) is 0 Å². The topological polar surface area (TPSA) is 63.5 Å². The molecule has 0 bridgehead atoms. The summed E-state index contributed by atoms with van der Waals surface area (Å²) in [4.78, 5) is 8.85. The molecule has 0 spiro atoms. The summed E-state index contributed by atoms with van der Waals surface area (Å²) in [6.07, 6.45) is 6.59. The molecule has 104 valence electrons. The van der Waals surface area contributed by atoms with E-state index in [-0.39, 0.29) is 0 Å². The van der Waals surface area contributed by atoms with E-state index in [0.29, 0.717) is 0 Å². The Morgan fingerprint density at radius 2 is 2.21 bits per heavy atom. The Morgan fingerprint density at radius 1 is 1.32 bits per heavy atom. The van der Waals surface area contributed by atoms with Gasteiger partial charge in [0.05, 0.1) is 6.20 Å². The van der Waals surface area contributed by atoms with Gasteiger partial charge in [-0.3, -0.25) is 0 Å². The predicted octanol–water partition coefficient (Wildman–Crippen LogP) is 2.00. The van der Waals surface area contributed by atoms with Gasteiger partial charge in [0.1, 0.15) is 5.82 Å². The van der Waals surface area contributed by atoms with Crippen LogP contribution in [0.5, 0.6) is 0 Å². The van der Waals surface area contributed by atoms with Crippen molar-refractivity contribution in [1.82, 2.24) is 14.4 Å². The van der Waals surface area contributed by atoms with Crippen LogP contribution in [0.4, 0.5) is 11.6 Å². The number of nitrogens with one attached hydrogen (secondary N) is 2. The van der Waals surface area contributed by atoms with Crippen molar-refractivity contribution in [1.29, 1.82) is 0 Å². The molecule has 0 atom stereocenters. The molecule has 2 N–H and O–H groups in total. The molecule has 2 aromatic heterocycles. The van der Waals surface area contributed by atoms with E-state index in [1.807, 2.05) is 23.7 Å². The van der Waals surface area contributed by atoms with Crippen LogP contribution in [-0.2, 0) is 4.74 Å². The fraction of sp³-hybridized carbons (Fsp3) is 0.538. The average Bonchev–Trinajstić information content (AvgIpc) is 2.87. The van der Waals surface area contributed by atoms with E-state index in [1.54, 1.807) is 6.20 Å². The van der Waals surface area contributed by atoms with Gasteiger partial charge in [0, 0.05) is 38.7 Å². The fourth-order valence-corrected chi connectivity index (χ4v) is 1.84. The molecule has 6 nitrogen and oxygen atoms in total. The zero-order chi connectivity index (χ0) is 13.5. The molecule has 0 aliphatic rings. The highest BCUT2D eigenvalue weighted by Gasteiger charge is 2.06. The number of rotatable bonds is 8. The maximum Gasteiger partial charge on any atom is 0.180 e. The van der Waals surface area contributed by atoms with Gasteiger partial charge in [-0.25, -0.2) is 9.97 Å². The molecular formula is C13H21N5O. The number of imidazole rings is 1. The van der Waals surface area contributed by atoms with Gasteiger partial charge in [-0.05, 0) is 20.3 Å². The molecule has 0 saturated heterocycles. The highest BCUT2D eigenvalue weighted by atomic mass is 16.5. The number of aromatic nitrogens is 3. The first kappa shape index (κ1) is 13.6. The van der Waals surface area contributed by atoms with E-state index < -0.39 is 0 Å². The summed E-state index contributed by atoms with van der Waals surface area (Å²) >= 11 is 0. The first-order valence-electron chi connectivity index (χ1n) is 6.74. The summed E-state index contributed by atoms with van der Waals surface area (Å²) < 4.78 is 7.28. The smallest absolute Gasteiger partial charge is 0.180 e. The number of hydrogen-bond acceptors (Lipinski definition) is 5. The number of anilines is 2.